The van der Waals surface area contributed by atoms with E-state index in [1.807, 2.05) is 0 Å². The maximum atomic E-state index is 13.8. The van der Waals surface area contributed by atoms with Gasteiger partial charge in [0.2, 0.25) is 0 Å². The van der Waals surface area contributed by atoms with Crippen LogP contribution in [0.2, 0.25) is 0 Å². The normalized spacial score (nSPS) is 26.2. The number of H-pyrrole nitrogens is 1. The highest BCUT2D eigenvalue weighted by atomic mass is 19.1. The third-order valence-electron chi connectivity index (χ3n) is 5.32. The van der Waals surface area contributed by atoms with E-state index in [-0.39, 0.29) is 42.9 Å². The lowest BCUT2D eigenvalue weighted by molar-refractivity contribution is 0.00706. The first-order chi connectivity index (χ1) is 14.1. The van der Waals surface area contributed by atoms with Gasteiger partial charge < -0.3 is 24.3 Å². The first-order valence-electron chi connectivity index (χ1n) is 9.45. The number of rotatable bonds is 5. The van der Waals surface area contributed by atoms with E-state index in [1.165, 1.54) is 18.2 Å². The zero-order valence-corrected chi connectivity index (χ0v) is 15.3. The number of fused-ring (bicyclic) bond motifs is 2. The number of pyridine rings is 1. The van der Waals surface area contributed by atoms with Crippen LogP contribution in [0.1, 0.15) is 11.3 Å². The molecule has 5 rings (SSSR count). The van der Waals surface area contributed by atoms with Gasteiger partial charge in [-0.1, -0.05) is 6.07 Å². The molecule has 4 atom stereocenters. The van der Waals surface area contributed by atoms with Crippen molar-refractivity contribution in [3.8, 4) is 6.01 Å². The molecule has 0 spiro atoms. The number of benzene rings is 1. The molecule has 0 amide bonds. The third-order valence-corrected chi connectivity index (χ3v) is 5.32. The Kier molecular flexibility index (Phi) is 4.65. The van der Waals surface area contributed by atoms with Crippen molar-refractivity contribution in [3.05, 3.63) is 53.2 Å². The molecule has 0 aliphatic carbocycles. The predicted octanol–water partition coefficient (Wildman–Crippen LogP) is 1.93. The fourth-order valence-electron chi connectivity index (χ4n) is 3.82. The quantitative estimate of drug-likeness (QED) is 0.677. The maximum Gasteiger partial charge on any atom is 0.296 e. The number of hydrogen-bond donors (Lipinski definition) is 2. The lowest BCUT2D eigenvalue weighted by atomic mass is 10.1. The average molecular weight is 403 g/mol. The summed E-state index contributed by atoms with van der Waals surface area (Å²) in [4.78, 5) is 11.8. The van der Waals surface area contributed by atoms with Gasteiger partial charge in [-0.25, -0.2) is 13.8 Å². The van der Waals surface area contributed by atoms with E-state index in [0.29, 0.717) is 29.9 Å². The Hall–Kier alpha value is -2.62. The van der Waals surface area contributed by atoms with Crippen LogP contribution in [0.25, 0.3) is 11.2 Å². The van der Waals surface area contributed by atoms with Gasteiger partial charge in [0.25, 0.3) is 6.01 Å². The van der Waals surface area contributed by atoms with Crippen molar-refractivity contribution in [2.24, 2.45) is 0 Å². The lowest BCUT2D eigenvalue weighted by Gasteiger charge is -2.15. The van der Waals surface area contributed by atoms with Crippen molar-refractivity contribution in [3.63, 3.8) is 0 Å². The van der Waals surface area contributed by atoms with Gasteiger partial charge in [0.05, 0.1) is 18.7 Å². The number of aromatic nitrogens is 3. The third kappa shape index (κ3) is 3.45. The Morgan fingerprint density at radius 1 is 1.03 bits per heavy atom. The first kappa shape index (κ1) is 18.4. The second-order valence-electron chi connectivity index (χ2n) is 7.24. The summed E-state index contributed by atoms with van der Waals surface area (Å²) < 4.78 is 44.5. The first-order valence-corrected chi connectivity index (χ1v) is 9.45. The molecule has 0 unspecified atom stereocenters. The Balaban J connectivity index is 1.29. The van der Waals surface area contributed by atoms with Crippen LogP contribution in [0.4, 0.5) is 8.78 Å². The molecule has 7 nitrogen and oxygen atoms in total. The number of imidazole rings is 1. The van der Waals surface area contributed by atoms with E-state index in [2.05, 4.69) is 15.0 Å². The number of ether oxygens (including phenoxy) is 3. The zero-order valence-electron chi connectivity index (χ0n) is 15.3. The fourth-order valence-corrected chi connectivity index (χ4v) is 3.82. The highest BCUT2D eigenvalue weighted by Crippen LogP contribution is 2.29. The Labute approximate surface area is 164 Å². The standard InChI is InChI=1S/C20H19F2N3O4/c21-12-2-1-3-13(22)11(12)6-4-10-5-7-14-19(23-10)25-20(24-14)29-16-9-28-17-15(26)8-27-18(16)17/h1-3,5,7,15-18,26H,4,6,8-9H2,(H,23,24,25)/t15-,16-,17-,18-/m1/s1. The molecule has 2 saturated heterocycles. The molecule has 0 bridgehead atoms. The highest BCUT2D eigenvalue weighted by molar-refractivity contribution is 5.71. The molecule has 29 heavy (non-hydrogen) atoms. The molecule has 0 saturated carbocycles. The summed E-state index contributed by atoms with van der Waals surface area (Å²) in [5.41, 5.74) is 1.86. The molecule has 9 heteroatoms. The topological polar surface area (TPSA) is 89.5 Å². The Morgan fingerprint density at radius 3 is 2.66 bits per heavy atom. The van der Waals surface area contributed by atoms with Gasteiger partial charge in [-0.05, 0) is 37.1 Å². The molecule has 2 fully saturated rings. The summed E-state index contributed by atoms with van der Waals surface area (Å²) in [6, 6.07) is 7.71. The minimum Gasteiger partial charge on any atom is -0.456 e. The molecule has 2 N–H and O–H groups in total. The van der Waals surface area contributed by atoms with E-state index in [9.17, 15) is 13.9 Å². The molecule has 1 aromatic carbocycles. The summed E-state index contributed by atoms with van der Waals surface area (Å²) in [5, 5.41) is 9.81. The van der Waals surface area contributed by atoms with E-state index in [1.54, 1.807) is 12.1 Å². The maximum absolute atomic E-state index is 13.8. The van der Waals surface area contributed by atoms with Crippen LogP contribution in [0.15, 0.2) is 30.3 Å². The lowest BCUT2D eigenvalue weighted by Crippen LogP contribution is -2.34. The zero-order chi connectivity index (χ0) is 20.0. The van der Waals surface area contributed by atoms with Gasteiger partial charge in [-0.2, -0.15) is 4.98 Å². The summed E-state index contributed by atoms with van der Waals surface area (Å²) in [6.07, 6.45) is -1.16. The number of aliphatic hydroxyl groups is 1. The van der Waals surface area contributed by atoms with E-state index >= 15 is 0 Å². The Bertz CT molecular complexity index is 1020. The number of aromatic amines is 1. The van der Waals surface area contributed by atoms with Gasteiger partial charge in [-0.3, -0.25) is 0 Å². The molecule has 3 aromatic rings. The molecule has 2 aliphatic heterocycles. The summed E-state index contributed by atoms with van der Waals surface area (Å²) in [5.74, 6) is -1.12. The largest absolute Gasteiger partial charge is 0.456 e. The molecular weight excluding hydrogens is 384 g/mol. The van der Waals surface area contributed by atoms with Crippen LogP contribution in [0.5, 0.6) is 6.01 Å². The number of halogens is 2. The van der Waals surface area contributed by atoms with Crippen molar-refractivity contribution in [1.29, 1.82) is 0 Å². The SMILES string of the molecule is O[C@@H]1CO[C@H]2[C@@H]1OC[C@H]2Oc1nc2nc(CCc3c(F)cccc3F)ccc2[nH]1. The molecule has 152 valence electrons. The van der Waals surface area contributed by atoms with E-state index < -0.39 is 17.7 Å². The number of aliphatic hydroxyl groups excluding tert-OH is 1. The molecule has 2 aliphatic rings. The number of nitrogens with zero attached hydrogens (tertiary/aromatic N) is 2. The minimum absolute atomic E-state index is 0.0509. The molecular formula is C20H19F2N3O4. The molecule has 2 aromatic heterocycles. The highest BCUT2D eigenvalue weighted by Gasteiger charge is 2.48. The van der Waals surface area contributed by atoms with Crippen LogP contribution < -0.4 is 4.74 Å². The number of aryl methyl sites for hydroxylation is 1. The van der Waals surface area contributed by atoms with Crippen molar-refractivity contribution >= 4 is 11.2 Å². The second-order valence-corrected chi connectivity index (χ2v) is 7.24. The van der Waals surface area contributed by atoms with E-state index in [0.717, 1.165) is 0 Å². The van der Waals surface area contributed by atoms with Gasteiger partial charge >= 0.3 is 0 Å². The summed E-state index contributed by atoms with van der Waals surface area (Å²) in [7, 11) is 0. The van der Waals surface area contributed by atoms with Gasteiger partial charge in [0.1, 0.15) is 29.9 Å². The van der Waals surface area contributed by atoms with Gasteiger partial charge in [0, 0.05) is 11.3 Å². The van der Waals surface area contributed by atoms with Crippen molar-refractivity contribution in [2.45, 2.75) is 37.3 Å². The van der Waals surface area contributed by atoms with E-state index in [4.69, 9.17) is 14.2 Å². The number of nitrogens with one attached hydrogen (secondary N) is 1. The fraction of sp³-hybridized carbons (Fsp3) is 0.400. The number of hydrogen-bond acceptors (Lipinski definition) is 6. The van der Waals surface area contributed by atoms with Crippen molar-refractivity contribution < 1.29 is 28.1 Å². The van der Waals surface area contributed by atoms with Crippen LogP contribution in [-0.2, 0) is 22.3 Å². The average Bonchev–Trinajstić information content (AvgIpc) is 3.38. The second kappa shape index (κ2) is 7.33. The predicted molar refractivity (Wildman–Crippen MR) is 97.6 cm³/mol. The van der Waals surface area contributed by atoms with Crippen LogP contribution in [-0.4, -0.2) is 57.7 Å². The molecule has 4 heterocycles. The smallest absolute Gasteiger partial charge is 0.296 e. The summed E-state index contributed by atoms with van der Waals surface area (Å²) >= 11 is 0. The van der Waals surface area contributed by atoms with Gasteiger partial charge in [-0.15, -0.1) is 0 Å². The minimum atomic E-state index is -0.646. The van der Waals surface area contributed by atoms with Crippen LogP contribution >= 0.6 is 0 Å². The van der Waals surface area contributed by atoms with Crippen LogP contribution in [0.3, 0.4) is 0 Å². The summed E-state index contributed by atoms with van der Waals surface area (Å²) in [6.45, 7) is 0.527. The molecule has 0 radical (unpaired) electrons. The Morgan fingerprint density at radius 2 is 1.83 bits per heavy atom. The van der Waals surface area contributed by atoms with Crippen LogP contribution in [0, 0.1) is 11.6 Å². The van der Waals surface area contributed by atoms with Gasteiger partial charge in [0.15, 0.2) is 11.8 Å². The van der Waals surface area contributed by atoms with Crippen molar-refractivity contribution in [2.75, 3.05) is 13.2 Å². The monoisotopic (exact) mass is 403 g/mol. The van der Waals surface area contributed by atoms with Crippen molar-refractivity contribution in [1.82, 2.24) is 15.0 Å².